The van der Waals surface area contributed by atoms with E-state index < -0.39 is 0 Å². The minimum Gasteiger partial charge on any atom is -0.247 e. The van der Waals surface area contributed by atoms with Crippen molar-refractivity contribution in [2.45, 2.75) is 37.9 Å². The Hall–Kier alpha value is 0.110. The average Bonchev–Trinajstić information content (AvgIpc) is 2.67. The predicted octanol–water partition coefficient (Wildman–Crippen LogP) is 3.80. The van der Waals surface area contributed by atoms with Gasteiger partial charge in [0.1, 0.15) is 0 Å². The molecule has 14 heavy (non-hydrogen) atoms. The number of nitrogens with zero attached hydrogens (tertiary/aromatic N) is 1. The maximum Gasteiger partial charge on any atom is 0.0930 e. The molecule has 1 saturated carbocycles. The summed E-state index contributed by atoms with van der Waals surface area (Å²) < 4.78 is 0. The second kappa shape index (κ2) is 4.31. The zero-order valence-corrected chi connectivity index (χ0v) is 11.1. The second-order valence-electron chi connectivity index (χ2n) is 4.30. The highest BCUT2D eigenvalue weighted by atomic mass is 79.9. The van der Waals surface area contributed by atoms with Crippen molar-refractivity contribution in [1.29, 1.82) is 0 Å². The highest BCUT2D eigenvalue weighted by Gasteiger charge is 2.31. The standard InChI is InChI=1S/C11H16BrNS/c1-7-6-14-11(13-7)5-9-3-4-10(12)8(9)2/h6,8-10H,3-5H2,1-2H3. The highest BCUT2D eigenvalue weighted by Crippen LogP contribution is 2.38. The van der Waals surface area contributed by atoms with Crippen LogP contribution in [-0.2, 0) is 6.42 Å². The summed E-state index contributed by atoms with van der Waals surface area (Å²) in [4.78, 5) is 5.27. The number of thiazole rings is 1. The molecule has 3 heteroatoms. The number of rotatable bonds is 2. The molecule has 0 amide bonds. The molecule has 0 bridgehead atoms. The van der Waals surface area contributed by atoms with Crippen LogP contribution >= 0.6 is 27.3 Å². The van der Waals surface area contributed by atoms with Crippen LogP contribution in [0.4, 0.5) is 0 Å². The zero-order chi connectivity index (χ0) is 10.1. The van der Waals surface area contributed by atoms with Gasteiger partial charge in [0.05, 0.1) is 5.01 Å². The third kappa shape index (κ3) is 2.19. The number of aryl methyl sites for hydroxylation is 1. The quantitative estimate of drug-likeness (QED) is 0.747. The number of alkyl halides is 1. The van der Waals surface area contributed by atoms with E-state index >= 15 is 0 Å². The SMILES string of the molecule is Cc1csc(CC2CCC(Br)C2C)n1. The van der Waals surface area contributed by atoms with Crippen LogP contribution in [0.3, 0.4) is 0 Å². The van der Waals surface area contributed by atoms with E-state index in [1.54, 1.807) is 0 Å². The Kier molecular flexibility index (Phi) is 3.27. The number of halogens is 1. The Morgan fingerprint density at radius 2 is 2.36 bits per heavy atom. The van der Waals surface area contributed by atoms with Gasteiger partial charge in [-0.15, -0.1) is 11.3 Å². The minimum atomic E-state index is 0.730. The van der Waals surface area contributed by atoms with Gasteiger partial charge in [0.2, 0.25) is 0 Å². The third-order valence-electron chi connectivity index (χ3n) is 3.23. The van der Waals surface area contributed by atoms with E-state index in [9.17, 15) is 0 Å². The molecule has 0 aliphatic heterocycles. The molecule has 1 nitrogen and oxygen atoms in total. The first-order valence-electron chi connectivity index (χ1n) is 5.22. The first-order chi connectivity index (χ1) is 6.66. The van der Waals surface area contributed by atoms with Crippen molar-refractivity contribution in [3.63, 3.8) is 0 Å². The lowest BCUT2D eigenvalue weighted by molar-refractivity contribution is 0.423. The molecule has 0 N–H and O–H groups in total. The molecule has 0 aromatic carbocycles. The van der Waals surface area contributed by atoms with E-state index in [0.29, 0.717) is 0 Å². The first kappa shape index (κ1) is 10.6. The van der Waals surface area contributed by atoms with Crippen molar-refractivity contribution in [2.75, 3.05) is 0 Å². The highest BCUT2D eigenvalue weighted by molar-refractivity contribution is 9.09. The molecule has 3 atom stereocenters. The summed E-state index contributed by atoms with van der Waals surface area (Å²) in [5.41, 5.74) is 1.17. The zero-order valence-electron chi connectivity index (χ0n) is 8.66. The molecule has 1 heterocycles. The summed E-state index contributed by atoms with van der Waals surface area (Å²) >= 11 is 5.56. The van der Waals surface area contributed by atoms with Crippen molar-refractivity contribution in [1.82, 2.24) is 4.98 Å². The lowest BCUT2D eigenvalue weighted by Gasteiger charge is -2.15. The van der Waals surface area contributed by atoms with Gasteiger partial charge in [0, 0.05) is 22.3 Å². The Bertz CT molecular complexity index is 310. The summed E-state index contributed by atoms with van der Waals surface area (Å²) in [6, 6.07) is 0. The van der Waals surface area contributed by atoms with Crippen LogP contribution in [0.15, 0.2) is 5.38 Å². The second-order valence-corrected chi connectivity index (χ2v) is 6.42. The first-order valence-corrected chi connectivity index (χ1v) is 7.01. The van der Waals surface area contributed by atoms with Crippen LogP contribution in [-0.4, -0.2) is 9.81 Å². The monoisotopic (exact) mass is 273 g/mol. The lowest BCUT2D eigenvalue weighted by atomic mass is 9.95. The van der Waals surface area contributed by atoms with Crippen LogP contribution in [0.5, 0.6) is 0 Å². The summed E-state index contributed by atoms with van der Waals surface area (Å²) in [5, 5.41) is 3.47. The topological polar surface area (TPSA) is 12.9 Å². The Labute approximate surface area is 98.1 Å². The molecule has 1 aliphatic carbocycles. The van der Waals surface area contributed by atoms with E-state index in [-0.39, 0.29) is 0 Å². The maximum atomic E-state index is 4.54. The van der Waals surface area contributed by atoms with Crippen LogP contribution < -0.4 is 0 Å². The number of aromatic nitrogens is 1. The Balaban J connectivity index is 1.98. The van der Waals surface area contributed by atoms with Gasteiger partial charge in [0.15, 0.2) is 0 Å². The van der Waals surface area contributed by atoms with E-state index in [2.05, 4.69) is 40.1 Å². The van der Waals surface area contributed by atoms with Gasteiger partial charge >= 0.3 is 0 Å². The average molecular weight is 274 g/mol. The summed E-state index contributed by atoms with van der Waals surface area (Å²) in [7, 11) is 0. The lowest BCUT2D eigenvalue weighted by Crippen LogP contribution is -2.12. The molecule has 1 fully saturated rings. The summed E-state index contributed by atoms with van der Waals surface area (Å²) in [5.74, 6) is 1.64. The fourth-order valence-corrected chi connectivity index (χ4v) is 3.77. The predicted molar refractivity (Wildman–Crippen MR) is 65.2 cm³/mol. The molecule has 0 radical (unpaired) electrons. The maximum absolute atomic E-state index is 4.54. The fourth-order valence-electron chi connectivity index (χ4n) is 2.20. The Morgan fingerprint density at radius 3 is 2.86 bits per heavy atom. The molecule has 78 valence electrons. The molecule has 1 aromatic rings. The van der Waals surface area contributed by atoms with Gasteiger partial charge in [-0.2, -0.15) is 0 Å². The van der Waals surface area contributed by atoms with Crippen molar-refractivity contribution < 1.29 is 0 Å². The minimum absolute atomic E-state index is 0.730. The van der Waals surface area contributed by atoms with Gasteiger partial charge in [-0.05, 0) is 31.6 Å². The largest absolute Gasteiger partial charge is 0.247 e. The molecule has 2 rings (SSSR count). The third-order valence-corrected chi connectivity index (χ3v) is 5.51. The van der Waals surface area contributed by atoms with Crippen molar-refractivity contribution in [2.24, 2.45) is 11.8 Å². The van der Waals surface area contributed by atoms with Crippen LogP contribution in [0.25, 0.3) is 0 Å². The normalized spacial score (nSPS) is 32.4. The number of hydrogen-bond donors (Lipinski definition) is 0. The molecular formula is C11H16BrNS. The van der Waals surface area contributed by atoms with Gasteiger partial charge in [-0.25, -0.2) is 4.98 Å². The molecule has 1 aromatic heterocycles. The summed E-state index contributed by atoms with van der Waals surface area (Å²) in [6.07, 6.45) is 3.87. The summed E-state index contributed by atoms with van der Waals surface area (Å²) in [6.45, 7) is 4.43. The number of hydrogen-bond acceptors (Lipinski definition) is 2. The van der Waals surface area contributed by atoms with E-state index in [0.717, 1.165) is 16.7 Å². The molecular weight excluding hydrogens is 258 g/mol. The van der Waals surface area contributed by atoms with Crippen LogP contribution in [0.1, 0.15) is 30.5 Å². The van der Waals surface area contributed by atoms with Crippen molar-refractivity contribution >= 4 is 27.3 Å². The van der Waals surface area contributed by atoms with Crippen LogP contribution in [0, 0.1) is 18.8 Å². The van der Waals surface area contributed by atoms with Crippen molar-refractivity contribution in [3.05, 3.63) is 16.1 Å². The van der Waals surface area contributed by atoms with Gasteiger partial charge < -0.3 is 0 Å². The van der Waals surface area contributed by atoms with Gasteiger partial charge in [-0.3, -0.25) is 0 Å². The fraction of sp³-hybridized carbons (Fsp3) is 0.727. The van der Waals surface area contributed by atoms with Gasteiger partial charge in [-0.1, -0.05) is 22.9 Å². The van der Waals surface area contributed by atoms with E-state index in [1.807, 2.05) is 11.3 Å². The van der Waals surface area contributed by atoms with Gasteiger partial charge in [0.25, 0.3) is 0 Å². The Morgan fingerprint density at radius 1 is 1.57 bits per heavy atom. The molecule has 3 unspecified atom stereocenters. The molecule has 0 saturated heterocycles. The van der Waals surface area contributed by atoms with Crippen molar-refractivity contribution in [3.8, 4) is 0 Å². The van der Waals surface area contributed by atoms with Crippen LogP contribution in [0.2, 0.25) is 0 Å². The smallest absolute Gasteiger partial charge is 0.0930 e. The van der Waals surface area contributed by atoms with E-state index in [4.69, 9.17) is 0 Å². The molecule has 1 aliphatic rings. The van der Waals surface area contributed by atoms with E-state index in [1.165, 1.54) is 30.0 Å². The molecule has 0 spiro atoms.